The molecule has 4 atom stereocenters. The number of hydrogen-bond donors (Lipinski definition) is 2. The number of amides is 2. The van der Waals surface area contributed by atoms with Crippen LogP contribution in [0, 0.1) is 5.41 Å². The minimum absolute atomic E-state index is 0.0183. The number of aliphatic hydroxyl groups is 1. The summed E-state index contributed by atoms with van der Waals surface area (Å²) in [6.07, 6.45) is 9.33. The van der Waals surface area contributed by atoms with Gasteiger partial charge in [-0.15, -0.1) is 0 Å². The van der Waals surface area contributed by atoms with Gasteiger partial charge in [-0.05, 0) is 93.8 Å². The fourth-order valence-electron chi connectivity index (χ4n) is 8.31. The number of benzene rings is 2. The van der Waals surface area contributed by atoms with Crippen molar-refractivity contribution in [2.45, 2.75) is 95.4 Å². The van der Waals surface area contributed by atoms with Gasteiger partial charge in [-0.2, -0.15) is 0 Å². The summed E-state index contributed by atoms with van der Waals surface area (Å²) in [5.41, 5.74) is 6.60. The molecule has 46 heavy (non-hydrogen) atoms. The van der Waals surface area contributed by atoms with E-state index in [1.807, 2.05) is 36.9 Å². The van der Waals surface area contributed by atoms with Crippen LogP contribution < -0.4 is 9.46 Å². The van der Waals surface area contributed by atoms with Gasteiger partial charge in [0.05, 0.1) is 30.9 Å². The van der Waals surface area contributed by atoms with E-state index in [0.29, 0.717) is 31.0 Å². The Morgan fingerprint density at radius 1 is 1.13 bits per heavy atom. The largest absolute Gasteiger partial charge is 0.497 e. The second-order valence-corrected chi connectivity index (χ2v) is 15.9. The van der Waals surface area contributed by atoms with Crippen LogP contribution >= 0.6 is 0 Å². The Morgan fingerprint density at radius 3 is 2.63 bits per heavy atom. The molecule has 0 bridgehead atoms. The zero-order chi connectivity index (χ0) is 32.3. The summed E-state index contributed by atoms with van der Waals surface area (Å²) in [7, 11) is 0.194. The Labute approximate surface area is 273 Å². The van der Waals surface area contributed by atoms with Gasteiger partial charge in [0, 0.05) is 46.3 Å². The lowest BCUT2D eigenvalue weighted by Crippen LogP contribution is -2.49. The van der Waals surface area contributed by atoms with Gasteiger partial charge >= 0.3 is 0 Å². The molecule has 2 saturated carbocycles. The number of methoxy groups -OCH3 is 1. The van der Waals surface area contributed by atoms with Gasteiger partial charge in [0.15, 0.2) is 0 Å². The van der Waals surface area contributed by atoms with E-state index in [1.54, 1.807) is 7.11 Å². The van der Waals surface area contributed by atoms with Crippen molar-refractivity contribution in [1.29, 1.82) is 0 Å². The molecule has 3 heterocycles. The zero-order valence-electron chi connectivity index (χ0n) is 27.3. The Kier molecular flexibility index (Phi) is 8.12. The summed E-state index contributed by atoms with van der Waals surface area (Å²) in [5, 5.41) is 11.2. The first-order valence-electron chi connectivity index (χ1n) is 16.8. The normalized spacial score (nSPS) is 24.8. The van der Waals surface area contributed by atoms with Crippen LogP contribution in [-0.4, -0.2) is 62.2 Å². The number of rotatable bonds is 7. The molecular weight excluding hydrogens is 598 g/mol. The van der Waals surface area contributed by atoms with E-state index in [-0.39, 0.29) is 35.6 Å². The van der Waals surface area contributed by atoms with Crippen molar-refractivity contribution in [2.24, 2.45) is 5.41 Å². The Bertz CT molecular complexity index is 1770. The topological polar surface area (TPSA) is 101 Å². The minimum atomic E-state index is -1.49. The van der Waals surface area contributed by atoms with Gasteiger partial charge in [-0.25, -0.2) is 4.21 Å². The molecule has 3 unspecified atom stereocenters. The summed E-state index contributed by atoms with van der Waals surface area (Å²) in [5.74, 6) is 0.903. The first kappa shape index (κ1) is 31.2. The molecule has 2 N–H and O–H groups in total. The highest BCUT2D eigenvalue weighted by Crippen LogP contribution is 2.66. The van der Waals surface area contributed by atoms with Crippen molar-refractivity contribution in [3.63, 3.8) is 0 Å². The molecule has 0 saturated heterocycles. The standard InChI is InChI=1S/C37H45N3O5S/c1-22(2)46(44)38-35(42)25-11-14-29-32(16-25)40-21-37(36(43)39-19-23(3)10-12-26(39)20-41)18-31(37)30-17-27(45-4)13-15-28(30)34(40)33(29)24-8-6-5-7-9-24/h10-11,13-17,22,24,26,31,41H,5-9,12,18-21H2,1-4H3,(H,38,42)/t26-,31?,37?,46?/m0/s1. The lowest BCUT2D eigenvalue weighted by Gasteiger charge is -2.37. The van der Waals surface area contributed by atoms with Gasteiger partial charge in [0.25, 0.3) is 5.91 Å². The maximum Gasteiger partial charge on any atom is 0.263 e. The van der Waals surface area contributed by atoms with E-state index >= 15 is 0 Å². The highest BCUT2D eigenvalue weighted by atomic mass is 32.2. The first-order chi connectivity index (χ1) is 22.2. The fourth-order valence-corrected chi connectivity index (χ4v) is 8.85. The molecular formula is C37H45N3O5S. The van der Waals surface area contributed by atoms with Gasteiger partial charge in [0.2, 0.25) is 5.91 Å². The smallest absolute Gasteiger partial charge is 0.263 e. The first-order valence-corrected chi connectivity index (χ1v) is 18.0. The quantitative estimate of drug-likeness (QED) is 0.299. The lowest BCUT2D eigenvalue weighted by atomic mass is 9.81. The van der Waals surface area contributed by atoms with Gasteiger partial charge < -0.3 is 19.3 Å². The van der Waals surface area contributed by atoms with Crippen molar-refractivity contribution in [3.05, 3.63) is 64.7 Å². The number of nitrogens with zero attached hydrogens (tertiary/aromatic N) is 2. The monoisotopic (exact) mass is 643 g/mol. The van der Waals surface area contributed by atoms with E-state index < -0.39 is 16.4 Å². The molecule has 2 fully saturated rings. The number of carbonyl (C=O) groups excluding carboxylic acids is 2. The number of hydrogen-bond acceptors (Lipinski definition) is 5. The van der Waals surface area contributed by atoms with E-state index in [0.717, 1.165) is 58.3 Å². The molecule has 0 spiro atoms. The predicted molar refractivity (Wildman–Crippen MR) is 181 cm³/mol. The molecule has 244 valence electrons. The van der Waals surface area contributed by atoms with Crippen LogP contribution in [0.3, 0.4) is 0 Å². The Hall–Kier alpha value is -3.43. The Balaban J connectivity index is 1.44. The van der Waals surface area contributed by atoms with Crippen LogP contribution in [0.1, 0.15) is 99.0 Å². The van der Waals surface area contributed by atoms with E-state index in [9.17, 15) is 18.9 Å². The highest BCUT2D eigenvalue weighted by molar-refractivity contribution is 7.84. The van der Waals surface area contributed by atoms with Crippen molar-refractivity contribution >= 4 is 33.7 Å². The second kappa shape index (κ2) is 12.0. The van der Waals surface area contributed by atoms with Gasteiger partial charge in [-0.1, -0.05) is 37.0 Å². The highest BCUT2D eigenvalue weighted by Gasteiger charge is 2.64. The average molecular weight is 644 g/mol. The summed E-state index contributed by atoms with van der Waals surface area (Å²) >= 11 is 0. The molecule has 1 aromatic heterocycles. The number of ether oxygens (including phenoxy) is 1. The maximum atomic E-state index is 14.8. The van der Waals surface area contributed by atoms with E-state index in [1.165, 1.54) is 24.8 Å². The Morgan fingerprint density at radius 2 is 1.91 bits per heavy atom. The SMILES string of the molecule is COc1ccc2c(c1)C1CC1(C(=O)N1CC(C)=CC[C@H]1CO)Cn1c-2c(C2CCCCC2)c2ccc(C(=O)NS(=O)C(C)C)cc21. The molecule has 7 rings (SSSR count). The maximum absolute atomic E-state index is 14.8. The summed E-state index contributed by atoms with van der Waals surface area (Å²) < 4.78 is 23.3. The number of fused-ring (bicyclic) bond motifs is 7. The predicted octanol–water partition coefficient (Wildman–Crippen LogP) is 6.19. The van der Waals surface area contributed by atoms with Crippen molar-refractivity contribution in [3.8, 4) is 17.0 Å². The molecule has 8 nitrogen and oxygen atoms in total. The van der Waals surface area contributed by atoms with Crippen molar-refractivity contribution in [2.75, 3.05) is 20.3 Å². The number of carbonyl (C=O) groups is 2. The minimum Gasteiger partial charge on any atom is -0.497 e. The molecule has 4 aliphatic rings. The van der Waals surface area contributed by atoms with Crippen molar-refractivity contribution < 1.29 is 23.6 Å². The molecule has 9 heteroatoms. The molecule has 2 aliphatic carbocycles. The van der Waals surface area contributed by atoms with Crippen LogP contribution in [-0.2, 0) is 22.3 Å². The number of aliphatic hydroxyl groups excluding tert-OH is 1. The molecule has 2 aromatic carbocycles. The van der Waals surface area contributed by atoms with Crippen LogP contribution in [0.5, 0.6) is 5.75 Å². The molecule has 0 radical (unpaired) electrons. The average Bonchev–Trinajstić information content (AvgIpc) is 3.74. The zero-order valence-corrected chi connectivity index (χ0v) is 28.1. The van der Waals surface area contributed by atoms with Crippen LogP contribution in [0.25, 0.3) is 22.2 Å². The molecule has 2 amide bonds. The van der Waals surface area contributed by atoms with Crippen LogP contribution in [0.15, 0.2) is 48.0 Å². The number of nitrogens with one attached hydrogen (secondary N) is 1. The van der Waals surface area contributed by atoms with Crippen LogP contribution in [0.4, 0.5) is 0 Å². The number of aromatic nitrogens is 1. The summed E-state index contributed by atoms with van der Waals surface area (Å²) in [6, 6.07) is 11.9. The van der Waals surface area contributed by atoms with E-state index in [4.69, 9.17) is 4.74 Å². The van der Waals surface area contributed by atoms with Gasteiger partial charge in [0.1, 0.15) is 16.7 Å². The van der Waals surface area contributed by atoms with Crippen LogP contribution in [0.2, 0.25) is 0 Å². The third kappa shape index (κ3) is 5.10. The molecule has 3 aromatic rings. The lowest BCUT2D eigenvalue weighted by molar-refractivity contribution is -0.141. The summed E-state index contributed by atoms with van der Waals surface area (Å²) in [4.78, 5) is 30.1. The summed E-state index contributed by atoms with van der Waals surface area (Å²) in [6.45, 7) is 6.63. The molecule has 2 aliphatic heterocycles. The third-order valence-corrected chi connectivity index (χ3v) is 12.1. The van der Waals surface area contributed by atoms with E-state index in [2.05, 4.69) is 40.5 Å². The third-order valence-electron chi connectivity index (χ3n) is 10.9. The second-order valence-electron chi connectivity index (χ2n) is 14.1. The van der Waals surface area contributed by atoms with Gasteiger partial charge in [-0.3, -0.25) is 14.3 Å². The van der Waals surface area contributed by atoms with Crippen molar-refractivity contribution in [1.82, 2.24) is 14.2 Å². The fraction of sp³-hybridized carbons (Fsp3) is 0.514.